The number of aromatic hydroxyl groups is 1. The Balaban J connectivity index is 1.90. The molecule has 3 aromatic rings. The molecule has 24 heavy (non-hydrogen) atoms. The summed E-state index contributed by atoms with van der Waals surface area (Å²) in [6, 6.07) is 16.6. The van der Waals surface area contributed by atoms with Crippen molar-refractivity contribution in [1.82, 2.24) is 0 Å². The third-order valence-electron chi connectivity index (χ3n) is 4.44. The average molecular weight is 313 g/mol. The van der Waals surface area contributed by atoms with Crippen LogP contribution in [0.15, 0.2) is 59.6 Å². The number of phenolic OH excluding ortho intramolecular Hbond substituents is 1. The van der Waals surface area contributed by atoms with E-state index < -0.39 is 5.97 Å². The molecule has 114 valence electrons. The van der Waals surface area contributed by atoms with Crippen LogP contribution in [0.3, 0.4) is 0 Å². The lowest BCUT2D eigenvalue weighted by Crippen LogP contribution is -2.03. The maximum Gasteiger partial charge on any atom is 0.345 e. The second kappa shape index (κ2) is 4.55. The van der Waals surface area contributed by atoms with Crippen LogP contribution in [-0.4, -0.2) is 17.3 Å². The number of nitrogens with zero attached hydrogens (tertiary/aromatic N) is 1. The first-order chi connectivity index (χ1) is 11.7. The van der Waals surface area contributed by atoms with Crippen LogP contribution in [0.1, 0.15) is 11.1 Å². The van der Waals surface area contributed by atoms with E-state index in [0.717, 1.165) is 22.2 Å². The van der Waals surface area contributed by atoms with E-state index in [0.29, 0.717) is 22.3 Å². The summed E-state index contributed by atoms with van der Waals surface area (Å²) < 4.78 is 5.42. The van der Waals surface area contributed by atoms with E-state index in [4.69, 9.17) is 4.74 Å². The monoisotopic (exact) mass is 313 g/mol. The number of phenols is 1. The van der Waals surface area contributed by atoms with Crippen molar-refractivity contribution in [3.63, 3.8) is 0 Å². The predicted molar refractivity (Wildman–Crippen MR) is 92.7 cm³/mol. The van der Waals surface area contributed by atoms with E-state index in [1.165, 1.54) is 6.07 Å². The Bertz CT molecular complexity index is 1110. The predicted octanol–water partition coefficient (Wildman–Crippen LogP) is 4.09. The summed E-state index contributed by atoms with van der Waals surface area (Å²) in [6.45, 7) is 0. The van der Waals surface area contributed by atoms with E-state index in [2.05, 4.69) is 4.99 Å². The molecule has 0 spiro atoms. The number of benzene rings is 3. The van der Waals surface area contributed by atoms with E-state index in [9.17, 15) is 9.90 Å². The third kappa shape index (κ3) is 1.62. The zero-order valence-corrected chi connectivity index (χ0v) is 12.5. The highest BCUT2D eigenvalue weighted by molar-refractivity contribution is 6.41. The minimum absolute atomic E-state index is 0.101. The summed E-state index contributed by atoms with van der Waals surface area (Å²) in [5.74, 6) is 0.0688. The number of para-hydroxylation sites is 1. The van der Waals surface area contributed by atoms with Gasteiger partial charge in [-0.15, -0.1) is 0 Å². The van der Waals surface area contributed by atoms with Crippen LogP contribution >= 0.6 is 0 Å². The number of esters is 1. The summed E-state index contributed by atoms with van der Waals surface area (Å²) in [6.07, 6.45) is 1.71. The molecule has 2 aliphatic heterocycles. The molecule has 2 aliphatic rings. The molecule has 3 aromatic carbocycles. The van der Waals surface area contributed by atoms with Gasteiger partial charge in [-0.2, -0.15) is 0 Å². The van der Waals surface area contributed by atoms with Crippen molar-refractivity contribution >= 4 is 39.8 Å². The molecule has 4 heteroatoms. The maximum absolute atomic E-state index is 12.6. The first kappa shape index (κ1) is 13.1. The fourth-order valence-corrected chi connectivity index (χ4v) is 3.38. The fourth-order valence-electron chi connectivity index (χ4n) is 3.38. The van der Waals surface area contributed by atoms with E-state index in [-0.39, 0.29) is 5.75 Å². The molecule has 0 saturated heterocycles. The van der Waals surface area contributed by atoms with Gasteiger partial charge in [-0.05, 0) is 11.5 Å². The van der Waals surface area contributed by atoms with Crippen molar-refractivity contribution in [3.05, 3.63) is 65.7 Å². The van der Waals surface area contributed by atoms with Gasteiger partial charge in [0.2, 0.25) is 0 Å². The summed E-state index contributed by atoms with van der Waals surface area (Å²) in [4.78, 5) is 16.9. The third-order valence-corrected chi connectivity index (χ3v) is 4.44. The van der Waals surface area contributed by atoms with Gasteiger partial charge in [0.15, 0.2) is 0 Å². The van der Waals surface area contributed by atoms with Crippen LogP contribution in [0.25, 0.3) is 21.9 Å². The SMILES string of the molecule is O=C1Oc2cc(O)c3ccccc3c2/C1=C1/C=Nc2ccccc21. The van der Waals surface area contributed by atoms with E-state index >= 15 is 0 Å². The lowest BCUT2D eigenvalue weighted by Gasteiger charge is -2.07. The summed E-state index contributed by atoms with van der Waals surface area (Å²) in [5, 5.41) is 11.7. The molecule has 2 heterocycles. The summed E-state index contributed by atoms with van der Waals surface area (Å²) >= 11 is 0. The highest BCUT2D eigenvalue weighted by atomic mass is 16.5. The Morgan fingerprint density at radius 3 is 2.58 bits per heavy atom. The van der Waals surface area contributed by atoms with Gasteiger partial charge in [0.1, 0.15) is 11.5 Å². The number of ether oxygens (including phenoxy) is 1. The number of fused-ring (bicyclic) bond motifs is 4. The van der Waals surface area contributed by atoms with Gasteiger partial charge in [0, 0.05) is 34.4 Å². The molecule has 0 saturated carbocycles. The van der Waals surface area contributed by atoms with Crippen LogP contribution in [0.5, 0.6) is 11.5 Å². The molecule has 0 aromatic heterocycles. The quantitative estimate of drug-likeness (QED) is 0.386. The zero-order valence-electron chi connectivity index (χ0n) is 12.5. The van der Waals surface area contributed by atoms with Gasteiger partial charge < -0.3 is 9.84 Å². The van der Waals surface area contributed by atoms with Crippen LogP contribution in [0.2, 0.25) is 0 Å². The van der Waals surface area contributed by atoms with Gasteiger partial charge in [-0.25, -0.2) is 4.79 Å². The van der Waals surface area contributed by atoms with Gasteiger partial charge in [-0.3, -0.25) is 4.99 Å². The largest absolute Gasteiger partial charge is 0.507 e. The minimum atomic E-state index is -0.418. The first-order valence-corrected chi connectivity index (χ1v) is 7.59. The van der Waals surface area contributed by atoms with E-state index in [1.54, 1.807) is 6.21 Å². The fraction of sp³-hybridized carbons (Fsp3) is 0. The van der Waals surface area contributed by atoms with Gasteiger partial charge in [0.25, 0.3) is 0 Å². The first-order valence-electron chi connectivity index (χ1n) is 7.59. The summed E-state index contributed by atoms with van der Waals surface area (Å²) in [7, 11) is 0. The number of carbonyl (C=O) groups is 1. The second-order valence-corrected chi connectivity index (χ2v) is 5.77. The molecule has 0 aliphatic carbocycles. The number of hydrogen-bond acceptors (Lipinski definition) is 4. The molecular formula is C20H11NO3. The standard InChI is InChI=1S/C20H11NO3/c22-16-9-17-18(13-7-2-1-6-12(13)16)19(20(23)24-17)14-10-21-15-8-4-3-5-11(14)15/h1-10,22H/b19-14+. The molecule has 0 unspecified atom stereocenters. The lowest BCUT2D eigenvalue weighted by atomic mass is 9.92. The van der Waals surface area contributed by atoms with Crippen LogP contribution in [0.4, 0.5) is 5.69 Å². The van der Waals surface area contributed by atoms with Crippen molar-refractivity contribution in [2.24, 2.45) is 4.99 Å². The van der Waals surface area contributed by atoms with Crippen molar-refractivity contribution in [3.8, 4) is 11.5 Å². The molecular weight excluding hydrogens is 302 g/mol. The van der Waals surface area contributed by atoms with E-state index in [1.807, 2.05) is 48.5 Å². The second-order valence-electron chi connectivity index (χ2n) is 5.77. The van der Waals surface area contributed by atoms with Crippen LogP contribution in [0, 0.1) is 0 Å². The smallest absolute Gasteiger partial charge is 0.345 e. The molecule has 0 bridgehead atoms. The van der Waals surface area contributed by atoms with Crippen molar-refractivity contribution in [1.29, 1.82) is 0 Å². The lowest BCUT2D eigenvalue weighted by molar-refractivity contribution is -0.126. The summed E-state index contributed by atoms with van der Waals surface area (Å²) in [5.41, 5.74) is 3.71. The molecule has 0 radical (unpaired) electrons. The highest BCUT2D eigenvalue weighted by Crippen LogP contribution is 2.47. The Morgan fingerprint density at radius 2 is 1.71 bits per heavy atom. The molecule has 5 rings (SSSR count). The number of hydrogen-bond donors (Lipinski definition) is 1. The Kier molecular flexibility index (Phi) is 2.48. The Morgan fingerprint density at radius 1 is 0.958 bits per heavy atom. The van der Waals surface area contributed by atoms with Crippen molar-refractivity contribution in [2.45, 2.75) is 0 Å². The molecule has 0 atom stereocenters. The topological polar surface area (TPSA) is 58.9 Å². The number of allylic oxidation sites excluding steroid dienone is 1. The minimum Gasteiger partial charge on any atom is -0.507 e. The number of rotatable bonds is 0. The van der Waals surface area contributed by atoms with Gasteiger partial charge >= 0.3 is 5.97 Å². The number of carbonyl (C=O) groups excluding carboxylic acids is 1. The maximum atomic E-state index is 12.6. The van der Waals surface area contributed by atoms with Crippen LogP contribution in [-0.2, 0) is 4.79 Å². The number of aliphatic imine (C=N–C) groups is 1. The highest BCUT2D eigenvalue weighted by Gasteiger charge is 2.34. The van der Waals surface area contributed by atoms with Gasteiger partial charge in [0.05, 0.1) is 11.3 Å². The normalized spacial score (nSPS) is 17.9. The molecule has 0 fully saturated rings. The van der Waals surface area contributed by atoms with Crippen molar-refractivity contribution < 1.29 is 14.6 Å². The average Bonchev–Trinajstić information content (AvgIpc) is 3.15. The van der Waals surface area contributed by atoms with Crippen molar-refractivity contribution in [2.75, 3.05) is 0 Å². The Hall–Kier alpha value is -3.40. The van der Waals surface area contributed by atoms with Gasteiger partial charge in [-0.1, -0.05) is 42.5 Å². The zero-order chi connectivity index (χ0) is 16.3. The Labute approximate surface area is 137 Å². The molecule has 0 amide bonds. The molecule has 4 nitrogen and oxygen atoms in total. The molecule has 1 N–H and O–H groups in total. The van der Waals surface area contributed by atoms with Crippen LogP contribution < -0.4 is 4.74 Å².